The van der Waals surface area contributed by atoms with E-state index in [1.165, 1.54) is 36.4 Å². The fourth-order valence-corrected chi connectivity index (χ4v) is 4.00. The molecule has 1 aliphatic rings. The maximum atomic E-state index is 13.4. The first-order valence-electron chi connectivity index (χ1n) is 8.90. The third-order valence-electron chi connectivity index (χ3n) is 5.20. The number of aromatic hydroxyl groups is 1. The molecule has 3 aromatic carbocycles. The molecular formula is C22H15ClF3NO3. The fraction of sp³-hybridized carbons (Fsp3) is 0.136. The second-order valence-corrected chi connectivity index (χ2v) is 7.33. The van der Waals surface area contributed by atoms with Gasteiger partial charge in [-0.3, -0.25) is 4.79 Å². The summed E-state index contributed by atoms with van der Waals surface area (Å²) in [6.07, 6.45) is -4.82. The smallest absolute Gasteiger partial charge is 0.508 e. The zero-order chi connectivity index (χ0) is 21.7. The van der Waals surface area contributed by atoms with Crippen molar-refractivity contribution in [3.05, 3.63) is 87.9 Å². The summed E-state index contributed by atoms with van der Waals surface area (Å²) in [5.41, 5.74) is 1.50. The van der Waals surface area contributed by atoms with Gasteiger partial charge in [0.05, 0.1) is 5.69 Å². The summed E-state index contributed by atoms with van der Waals surface area (Å²) >= 11 is 6.22. The summed E-state index contributed by atoms with van der Waals surface area (Å²) in [5, 5.41) is 13.0. The summed E-state index contributed by atoms with van der Waals surface area (Å²) in [6.45, 7) is 1.77. The monoisotopic (exact) mass is 433 g/mol. The third kappa shape index (κ3) is 3.15. The molecule has 0 aliphatic carbocycles. The van der Waals surface area contributed by atoms with Crippen molar-refractivity contribution in [2.45, 2.75) is 18.7 Å². The minimum Gasteiger partial charge on any atom is -0.508 e. The lowest BCUT2D eigenvalue weighted by Gasteiger charge is -2.29. The molecule has 8 heteroatoms. The Hall–Kier alpha value is -3.19. The Balaban J connectivity index is 1.95. The SMILES string of the molecule is Cc1c(Cl)ccc2c1NC(=O)C2(c1ccc(O)cc1)c1ccc(OC(F)(F)F)cc1. The van der Waals surface area contributed by atoms with E-state index in [2.05, 4.69) is 10.1 Å². The topological polar surface area (TPSA) is 58.6 Å². The molecule has 4 rings (SSSR count). The lowest BCUT2D eigenvalue weighted by Crippen LogP contribution is -2.37. The molecule has 0 aromatic heterocycles. The first kappa shape index (κ1) is 20.1. The summed E-state index contributed by atoms with van der Waals surface area (Å²) < 4.78 is 41.6. The molecule has 1 heterocycles. The van der Waals surface area contributed by atoms with Gasteiger partial charge in [-0.05, 0) is 53.9 Å². The van der Waals surface area contributed by atoms with Crippen molar-refractivity contribution < 1.29 is 27.8 Å². The number of amides is 1. The number of halogens is 4. The van der Waals surface area contributed by atoms with Crippen molar-refractivity contribution in [2.75, 3.05) is 5.32 Å². The molecule has 0 radical (unpaired) electrons. The number of benzene rings is 3. The summed E-state index contributed by atoms with van der Waals surface area (Å²) in [6, 6.07) is 14.7. The van der Waals surface area contributed by atoms with Crippen LogP contribution in [-0.4, -0.2) is 17.4 Å². The highest BCUT2D eigenvalue weighted by Gasteiger charge is 2.50. The molecule has 1 amide bonds. The molecule has 3 aromatic rings. The molecule has 1 unspecified atom stereocenters. The van der Waals surface area contributed by atoms with Crippen molar-refractivity contribution in [1.29, 1.82) is 0 Å². The number of rotatable bonds is 3. The number of nitrogens with one attached hydrogen (secondary N) is 1. The van der Waals surface area contributed by atoms with Gasteiger partial charge in [0.25, 0.3) is 0 Å². The molecule has 0 saturated heterocycles. The van der Waals surface area contributed by atoms with Gasteiger partial charge in [0.1, 0.15) is 16.9 Å². The highest BCUT2D eigenvalue weighted by Crippen LogP contribution is 2.50. The molecule has 2 N–H and O–H groups in total. The summed E-state index contributed by atoms with van der Waals surface area (Å²) in [7, 11) is 0. The Morgan fingerprint density at radius 1 is 0.967 bits per heavy atom. The zero-order valence-corrected chi connectivity index (χ0v) is 16.3. The van der Waals surface area contributed by atoms with E-state index in [0.717, 1.165) is 0 Å². The van der Waals surface area contributed by atoms with Gasteiger partial charge in [0, 0.05) is 10.6 Å². The van der Waals surface area contributed by atoms with Crippen molar-refractivity contribution in [1.82, 2.24) is 0 Å². The van der Waals surface area contributed by atoms with Crippen LogP contribution in [0.2, 0.25) is 5.02 Å². The zero-order valence-electron chi connectivity index (χ0n) is 15.5. The van der Waals surface area contributed by atoms with E-state index in [0.29, 0.717) is 33.0 Å². The largest absolute Gasteiger partial charge is 0.573 e. The molecule has 1 atom stereocenters. The number of anilines is 1. The summed E-state index contributed by atoms with van der Waals surface area (Å²) in [5.74, 6) is -0.746. The van der Waals surface area contributed by atoms with E-state index in [9.17, 15) is 23.1 Å². The van der Waals surface area contributed by atoms with Crippen molar-refractivity contribution in [3.8, 4) is 11.5 Å². The maximum absolute atomic E-state index is 13.4. The minimum atomic E-state index is -4.82. The molecule has 30 heavy (non-hydrogen) atoms. The van der Waals surface area contributed by atoms with Crippen LogP contribution in [0, 0.1) is 6.92 Å². The third-order valence-corrected chi connectivity index (χ3v) is 5.61. The number of carbonyl (C=O) groups excluding carboxylic acids is 1. The standard InChI is InChI=1S/C22H15ClF3NO3/c1-12-18(23)11-10-17-19(12)27-20(29)21(17,13-2-6-15(28)7-3-13)14-4-8-16(9-5-14)30-22(24,25)26/h2-11,28H,1H3,(H,27,29). The van der Waals surface area contributed by atoms with Gasteiger partial charge in [-0.1, -0.05) is 41.9 Å². The van der Waals surface area contributed by atoms with E-state index in [-0.39, 0.29) is 11.7 Å². The van der Waals surface area contributed by atoms with Gasteiger partial charge < -0.3 is 15.2 Å². The number of phenols is 1. The van der Waals surface area contributed by atoms with Crippen molar-refractivity contribution >= 4 is 23.2 Å². The Labute approximate surface area is 174 Å². The Morgan fingerprint density at radius 3 is 2.10 bits per heavy atom. The number of ether oxygens (including phenoxy) is 1. The Bertz CT molecular complexity index is 1130. The summed E-state index contributed by atoms with van der Waals surface area (Å²) in [4.78, 5) is 13.4. The van der Waals surface area contributed by atoms with Crippen LogP contribution in [0.25, 0.3) is 0 Å². The van der Waals surface area contributed by atoms with Gasteiger partial charge in [-0.25, -0.2) is 0 Å². The molecule has 4 nitrogen and oxygen atoms in total. The van der Waals surface area contributed by atoms with E-state index < -0.39 is 17.5 Å². The molecule has 154 valence electrons. The van der Waals surface area contributed by atoms with Gasteiger partial charge in [-0.2, -0.15) is 0 Å². The second-order valence-electron chi connectivity index (χ2n) is 6.92. The molecule has 0 saturated carbocycles. The lowest BCUT2D eigenvalue weighted by molar-refractivity contribution is -0.274. The van der Waals surface area contributed by atoms with Crippen LogP contribution in [0.1, 0.15) is 22.3 Å². The van der Waals surface area contributed by atoms with Crippen LogP contribution in [0.5, 0.6) is 11.5 Å². The molecule has 1 aliphatic heterocycles. The quantitative estimate of drug-likeness (QED) is 0.570. The number of hydrogen-bond acceptors (Lipinski definition) is 3. The number of carbonyl (C=O) groups is 1. The maximum Gasteiger partial charge on any atom is 0.573 e. The first-order chi connectivity index (χ1) is 14.1. The normalized spacial score (nSPS) is 18.1. The van der Waals surface area contributed by atoms with Crippen LogP contribution >= 0.6 is 11.6 Å². The van der Waals surface area contributed by atoms with E-state index >= 15 is 0 Å². The minimum absolute atomic E-state index is 0.0220. The van der Waals surface area contributed by atoms with Crippen LogP contribution in [0.15, 0.2) is 60.7 Å². The van der Waals surface area contributed by atoms with Crippen molar-refractivity contribution in [2.24, 2.45) is 0 Å². The van der Waals surface area contributed by atoms with E-state index in [1.807, 2.05) is 0 Å². The Morgan fingerprint density at radius 2 is 1.53 bits per heavy atom. The van der Waals surface area contributed by atoms with E-state index in [1.54, 1.807) is 31.2 Å². The highest BCUT2D eigenvalue weighted by molar-refractivity contribution is 6.32. The van der Waals surface area contributed by atoms with Gasteiger partial charge in [0.2, 0.25) is 5.91 Å². The second kappa shape index (κ2) is 6.95. The number of hydrogen-bond donors (Lipinski definition) is 2. The Kier molecular flexibility index (Phi) is 4.66. The molecule has 0 fully saturated rings. The predicted octanol–water partition coefficient (Wildman–Crippen LogP) is 5.54. The van der Waals surface area contributed by atoms with Crippen molar-refractivity contribution in [3.63, 3.8) is 0 Å². The molecular weight excluding hydrogens is 419 g/mol. The first-order valence-corrected chi connectivity index (χ1v) is 9.27. The number of fused-ring (bicyclic) bond motifs is 1. The average molecular weight is 434 g/mol. The van der Waals surface area contributed by atoms with Crippen LogP contribution in [-0.2, 0) is 10.2 Å². The van der Waals surface area contributed by atoms with E-state index in [4.69, 9.17) is 11.6 Å². The number of alkyl halides is 3. The van der Waals surface area contributed by atoms with Gasteiger partial charge in [0.15, 0.2) is 0 Å². The lowest BCUT2D eigenvalue weighted by atomic mass is 9.70. The fourth-order valence-electron chi connectivity index (χ4n) is 3.85. The van der Waals surface area contributed by atoms with Crippen LogP contribution < -0.4 is 10.1 Å². The number of phenolic OH excluding ortho intramolecular Hbond substituents is 1. The van der Waals surface area contributed by atoms with Gasteiger partial charge in [-0.15, -0.1) is 13.2 Å². The van der Waals surface area contributed by atoms with Crippen LogP contribution in [0.4, 0.5) is 18.9 Å². The average Bonchev–Trinajstić information content (AvgIpc) is 2.98. The van der Waals surface area contributed by atoms with Gasteiger partial charge >= 0.3 is 6.36 Å². The highest BCUT2D eigenvalue weighted by atomic mass is 35.5. The van der Waals surface area contributed by atoms with Crippen LogP contribution in [0.3, 0.4) is 0 Å². The predicted molar refractivity (Wildman–Crippen MR) is 106 cm³/mol. The molecule has 0 spiro atoms. The molecule has 0 bridgehead atoms.